The Bertz CT molecular complexity index is 398. The molecule has 1 aromatic rings. The van der Waals surface area contributed by atoms with Gasteiger partial charge in [-0.1, -0.05) is 6.92 Å². The minimum atomic E-state index is -0.846. The first-order valence-electron chi connectivity index (χ1n) is 5.98. The molecular weight excluding hydrogens is 234 g/mol. The Hall–Kier alpha value is -1.85. The molecule has 0 aliphatic heterocycles. The minimum absolute atomic E-state index is 0.238. The van der Waals surface area contributed by atoms with E-state index in [1.807, 2.05) is 6.92 Å². The molecule has 0 saturated carbocycles. The van der Waals surface area contributed by atoms with Gasteiger partial charge < -0.3 is 15.2 Å². The topological polar surface area (TPSA) is 84.3 Å². The summed E-state index contributed by atoms with van der Waals surface area (Å²) in [7, 11) is 0. The zero-order valence-electron chi connectivity index (χ0n) is 10.9. The first kappa shape index (κ1) is 14.2. The van der Waals surface area contributed by atoms with Gasteiger partial charge in [0.25, 0.3) is 0 Å². The van der Waals surface area contributed by atoms with Gasteiger partial charge in [-0.25, -0.2) is 0 Å². The average molecular weight is 253 g/mol. The number of hydrogen-bond donors (Lipinski definition) is 2. The Kier molecular flexibility index (Phi) is 5.35. The number of rotatable bonds is 7. The summed E-state index contributed by atoms with van der Waals surface area (Å²) in [6, 6.07) is -0.238. The van der Waals surface area contributed by atoms with E-state index < -0.39 is 11.9 Å². The van der Waals surface area contributed by atoms with Crippen molar-refractivity contribution in [3.63, 3.8) is 0 Å². The van der Waals surface area contributed by atoms with Gasteiger partial charge in [0.05, 0.1) is 24.9 Å². The minimum Gasteiger partial charge on any atom is -0.481 e. The van der Waals surface area contributed by atoms with Gasteiger partial charge in [0.1, 0.15) is 5.82 Å². The summed E-state index contributed by atoms with van der Waals surface area (Å²) < 4.78 is 5.36. The van der Waals surface area contributed by atoms with Gasteiger partial charge in [-0.05, 0) is 20.3 Å². The number of hydrogen-bond acceptors (Lipinski definition) is 5. The van der Waals surface area contributed by atoms with Crippen LogP contribution in [0.2, 0.25) is 0 Å². The molecule has 1 heterocycles. The predicted octanol–water partition coefficient (Wildman–Crippen LogP) is 1.79. The highest BCUT2D eigenvalue weighted by atomic mass is 16.5. The van der Waals surface area contributed by atoms with Gasteiger partial charge in [-0.2, -0.15) is 4.98 Å². The molecule has 1 rings (SSSR count). The summed E-state index contributed by atoms with van der Waals surface area (Å²) in [5.41, 5.74) is 0. The maximum atomic E-state index is 10.8. The van der Waals surface area contributed by atoms with Crippen LogP contribution >= 0.6 is 0 Å². The van der Waals surface area contributed by atoms with Crippen LogP contribution in [0.15, 0.2) is 12.4 Å². The SMILES string of the molecule is CCCOc1cncc(NC(C)C(C)C(=O)O)n1. The lowest BCUT2D eigenvalue weighted by molar-refractivity contribution is -0.141. The van der Waals surface area contributed by atoms with Gasteiger partial charge in [0.15, 0.2) is 0 Å². The van der Waals surface area contributed by atoms with Crippen LogP contribution < -0.4 is 10.1 Å². The van der Waals surface area contributed by atoms with E-state index in [1.54, 1.807) is 20.0 Å². The molecule has 1 aromatic heterocycles. The van der Waals surface area contributed by atoms with Crippen molar-refractivity contribution < 1.29 is 14.6 Å². The van der Waals surface area contributed by atoms with Gasteiger partial charge in [0, 0.05) is 6.04 Å². The monoisotopic (exact) mass is 253 g/mol. The Morgan fingerprint density at radius 1 is 1.50 bits per heavy atom. The number of anilines is 1. The number of aliphatic carboxylic acids is 1. The van der Waals surface area contributed by atoms with Crippen LogP contribution in [0.3, 0.4) is 0 Å². The number of carboxylic acids is 1. The van der Waals surface area contributed by atoms with Crippen molar-refractivity contribution >= 4 is 11.8 Å². The van der Waals surface area contributed by atoms with Crippen molar-refractivity contribution in [2.45, 2.75) is 33.2 Å². The quantitative estimate of drug-likeness (QED) is 0.770. The smallest absolute Gasteiger partial charge is 0.308 e. The highest BCUT2D eigenvalue weighted by Gasteiger charge is 2.19. The molecule has 0 aromatic carbocycles. The molecule has 18 heavy (non-hydrogen) atoms. The molecule has 0 radical (unpaired) electrons. The average Bonchev–Trinajstić information content (AvgIpc) is 2.35. The molecule has 2 unspecified atom stereocenters. The molecule has 6 nitrogen and oxygen atoms in total. The largest absolute Gasteiger partial charge is 0.481 e. The highest BCUT2D eigenvalue weighted by Crippen LogP contribution is 2.13. The molecule has 0 fully saturated rings. The highest BCUT2D eigenvalue weighted by molar-refractivity contribution is 5.70. The molecule has 0 bridgehead atoms. The van der Waals surface area contributed by atoms with E-state index >= 15 is 0 Å². The van der Waals surface area contributed by atoms with Crippen LogP contribution in [0.5, 0.6) is 5.88 Å². The molecule has 0 aliphatic rings. The number of ether oxygens (including phenoxy) is 1. The van der Waals surface area contributed by atoms with Crippen molar-refractivity contribution in [3.8, 4) is 5.88 Å². The maximum absolute atomic E-state index is 10.8. The zero-order valence-corrected chi connectivity index (χ0v) is 10.9. The molecule has 0 spiro atoms. The van der Waals surface area contributed by atoms with E-state index in [-0.39, 0.29) is 6.04 Å². The van der Waals surface area contributed by atoms with Crippen molar-refractivity contribution in [1.29, 1.82) is 0 Å². The molecule has 6 heteroatoms. The van der Waals surface area contributed by atoms with E-state index in [9.17, 15) is 4.79 Å². The van der Waals surface area contributed by atoms with E-state index in [0.717, 1.165) is 6.42 Å². The molecule has 0 amide bonds. The molecule has 2 N–H and O–H groups in total. The number of carboxylic acid groups (broad SMARTS) is 1. The zero-order chi connectivity index (χ0) is 13.5. The van der Waals surface area contributed by atoms with Crippen LogP contribution in [-0.4, -0.2) is 33.7 Å². The fourth-order valence-electron chi connectivity index (χ4n) is 1.27. The molecule has 0 saturated heterocycles. The molecule has 100 valence electrons. The van der Waals surface area contributed by atoms with Crippen molar-refractivity contribution in [2.24, 2.45) is 5.92 Å². The van der Waals surface area contributed by atoms with Gasteiger partial charge >= 0.3 is 5.97 Å². The Morgan fingerprint density at radius 3 is 2.83 bits per heavy atom. The molecule has 0 aliphatic carbocycles. The summed E-state index contributed by atoms with van der Waals surface area (Å²) in [5, 5.41) is 11.9. The first-order valence-corrected chi connectivity index (χ1v) is 5.98. The Labute approximate surface area is 106 Å². The number of nitrogens with zero attached hydrogens (tertiary/aromatic N) is 2. The third-order valence-electron chi connectivity index (χ3n) is 2.58. The summed E-state index contributed by atoms with van der Waals surface area (Å²) in [5.74, 6) is -0.394. The fourth-order valence-corrected chi connectivity index (χ4v) is 1.27. The summed E-state index contributed by atoms with van der Waals surface area (Å²) in [4.78, 5) is 19.0. The van der Waals surface area contributed by atoms with Crippen LogP contribution in [0.4, 0.5) is 5.82 Å². The fraction of sp³-hybridized carbons (Fsp3) is 0.583. The van der Waals surface area contributed by atoms with E-state index in [1.165, 1.54) is 6.20 Å². The van der Waals surface area contributed by atoms with Crippen molar-refractivity contribution in [2.75, 3.05) is 11.9 Å². The van der Waals surface area contributed by atoms with Gasteiger partial charge in [-0.15, -0.1) is 0 Å². The second-order valence-corrected chi connectivity index (χ2v) is 4.15. The first-order chi connectivity index (χ1) is 8.54. The second-order valence-electron chi connectivity index (χ2n) is 4.15. The van der Waals surface area contributed by atoms with E-state index in [2.05, 4.69) is 15.3 Å². The van der Waals surface area contributed by atoms with Crippen LogP contribution in [0.1, 0.15) is 27.2 Å². The lowest BCUT2D eigenvalue weighted by Gasteiger charge is -2.18. The van der Waals surface area contributed by atoms with Gasteiger partial charge in [0.2, 0.25) is 5.88 Å². The summed E-state index contributed by atoms with van der Waals surface area (Å²) >= 11 is 0. The predicted molar refractivity (Wildman–Crippen MR) is 67.7 cm³/mol. The van der Waals surface area contributed by atoms with Gasteiger partial charge in [-0.3, -0.25) is 9.78 Å². The third kappa shape index (κ3) is 4.20. The maximum Gasteiger partial charge on any atom is 0.308 e. The third-order valence-corrected chi connectivity index (χ3v) is 2.58. The van der Waals surface area contributed by atoms with Crippen LogP contribution in [0, 0.1) is 5.92 Å². The Morgan fingerprint density at radius 2 is 2.22 bits per heavy atom. The molecular formula is C12H19N3O3. The summed E-state index contributed by atoms with van der Waals surface area (Å²) in [6.45, 7) is 6.02. The Balaban J connectivity index is 2.64. The lowest BCUT2D eigenvalue weighted by Crippen LogP contribution is -2.30. The normalized spacial score (nSPS) is 13.7. The van der Waals surface area contributed by atoms with Crippen LogP contribution in [0.25, 0.3) is 0 Å². The second kappa shape index (κ2) is 6.78. The van der Waals surface area contributed by atoms with E-state index in [4.69, 9.17) is 9.84 Å². The lowest BCUT2D eigenvalue weighted by atomic mass is 10.0. The number of aromatic nitrogens is 2. The number of carbonyl (C=O) groups is 1. The number of nitrogens with one attached hydrogen (secondary N) is 1. The van der Waals surface area contributed by atoms with Crippen molar-refractivity contribution in [1.82, 2.24) is 9.97 Å². The standard InChI is InChI=1S/C12H19N3O3/c1-4-5-18-11-7-13-6-10(15-11)14-9(3)8(2)12(16)17/h6-9H,4-5H2,1-3H3,(H,14,15)(H,16,17). The van der Waals surface area contributed by atoms with E-state index in [0.29, 0.717) is 18.3 Å². The molecule has 2 atom stereocenters. The van der Waals surface area contributed by atoms with Crippen LogP contribution in [-0.2, 0) is 4.79 Å². The summed E-state index contributed by atoms with van der Waals surface area (Å²) in [6.07, 6.45) is 3.97. The van der Waals surface area contributed by atoms with Crippen molar-refractivity contribution in [3.05, 3.63) is 12.4 Å².